The topological polar surface area (TPSA) is 47.9 Å². The van der Waals surface area contributed by atoms with E-state index >= 15 is 0 Å². The molecule has 112 valence electrons. The second-order valence-corrected chi connectivity index (χ2v) is 6.02. The molecule has 0 bridgehead atoms. The van der Waals surface area contributed by atoms with Crippen molar-refractivity contribution in [2.75, 3.05) is 7.11 Å². The molecule has 0 radical (unpaired) electrons. The fourth-order valence-corrected chi connectivity index (χ4v) is 1.99. The molecule has 0 fully saturated rings. The average Bonchev–Trinajstić information content (AvgIpc) is 2.80. The smallest absolute Gasteiger partial charge is 0.363 e. The fourth-order valence-electron chi connectivity index (χ4n) is 1.99. The van der Waals surface area contributed by atoms with Gasteiger partial charge in [-0.25, -0.2) is 9.79 Å². The van der Waals surface area contributed by atoms with Gasteiger partial charge in [0.15, 0.2) is 5.70 Å². The molecule has 1 aliphatic rings. The van der Waals surface area contributed by atoms with E-state index in [0.29, 0.717) is 17.3 Å². The molecule has 4 nitrogen and oxygen atoms in total. The number of hydrogen-bond acceptors (Lipinski definition) is 4. The number of hydrogen-bond donors (Lipinski definition) is 0. The first-order valence-corrected chi connectivity index (χ1v) is 7.05. The van der Waals surface area contributed by atoms with Crippen LogP contribution in [-0.4, -0.2) is 19.0 Å². The molecule has 0 atom stereocenters. The van der Waals surface area contributed by atoms with E-state index in [-0.39, 0.29) is 5.41 Å². The predicted octanol–water partition coefficient (Wildman–Crippen LogP) is 3.60. The number of methoxy groups -OCH3 is 1. The lowest BCUT2D eigenvalue weighted by Crippen LogP contribution is -2.21. The van der Waals surface area contributed by atoms with Crippen molar-refractivity contribution in [2.45, 2.75) is 34.1 Å². The van der Waals surface area contributed by atoms with Crippen molar-refractivity contribution in [1.29, 1.82) is 0 Å². The largest absolute Gasteiger partial charge is 0.496 e. The number of esters is 1. The van der Waals surface area contributed by atoms with Crippen molar-refractivity contribution in [1.82, 2.24) is 0 Å². The number of ether oxygens (including phenoxy) is 2. The van der Waals surface area contributed by atoms with Gasteiger partial charge >= 0.3 is 5.97 Å². The van der Waals surface area contributed by atoms with Crippen LogP contribution in [0.4, 0.5) is 0 Å². The van der Waals surface area contributed by atoms with E-state index in [1.54, 1.807) is 13.2 Å². The highest BCUT2D eigenvalue weighted by Gasteiger charge is 2.31. The third-order valence-electron chi connectivity index (χ3n) is 3.26. The maximum Gasteiger partial charge on any atom is 0.363 e. The summed E-state index contributed by atoms with van der Waals surface area (Å²) in [5, 5.41) is 0. The van der Waals surface area contributed by atoms with E-state index < -0.39 is 5.97 Å². The van der Waals surface area contributed by atoms with E-state index in [1.165, 1.54) is 5.56 Å². The lowest BCUT2D eigenvalue weighted by molar-refractivity contribution is -0.130. The molecule has 0 aromatic heterocycles. The van der Waals surface area contributed by atoms with Gasteiger partial charge in [0.2, 0.25) is 5.90 Å². The standard InChI is InChI=1S/C17H21NO3/c1-6-11-7-8-14(20-5)12(9-11)10-13-15(19)21-16(18-13)17(2,3)4/h7-10H,6H2,1-5H3/b13-10+. The third kappa shape index (κ3) is 3.32. The van der Waals surface area contributed by atoms with E-state index in [0.717, 1.165) is 12.0 Å². The number of carbonyl (C=O) groups excluding carboxylic acids is 1. The number of cyclic esters (lactones) is 1. The van der Waals surface area contributed by atoms with Gasteiger partial charge in [0.25, 0.3) is 0 Å². The zero-order valence-electron chi connectivity index (χ0n) is 13.2. The van der Waals surface area contributed by atoms with E-state index in [9.17, 15) is 4.79 Å². The summed E-state index contributed by atoms with van der Waals surface area (Å²) in [5.41, 5.74) is 2.03. The SMILES string of the molecule is CCc1ccc(OC)c(/C=C2/N=C(C(C)(C)C)OC2=O)c1. The van der Waals surface area contributed by atoms with Crippen LogP contribution in [0.1, 0.15) is 38.8 Å². The van der Waals surface area contributed by atoms with Crippen LogP contribution in [0.2, 0.25) is 0 Å². The first-order valence-electron chi connectivity index (χ1n) is 7.05. The van der Waals surface area contributed by atoms with Crippen molar-refractivity contribution >= 4 is 17.9 Å². The zero-order valence-corrected chi connectivity index (χ0v) is 13.2. The van der Waals surface area contributed by atoms with Crippen LogP contribution in [0.15, 0.2) is 28.9 Å². The summed E-state index contributed by atoms with van der Waals surface area (Å²) in [5.74, 6) is 0.750. The summed E-state index contributed by atoms with van der Waals surface area (Å²) < 4.78 is 10.6. The van der Waals surface area contributed by atoms with E-state index in [2.05, 4.69) is 11.9 Å². The van der Waals surface area contributed by atoms with Gasteiger partial charge in [0, 0.05) is 11.0 Å². The van der Waals surface area contributed by atoms with Gasteiger partial charge in [-0.3, -0.25) is 0 Å². The molecule has 0 amide bonds. The Hall–Kier alpha value is -2.10. The van der Waals surface area contributed by atoms with Crippen LogP contribution < -0.4 is 4.74 Å². The molecular formula is C17H21NO3. The van der Waals surface area contributed by atoms with Crippen LogP contribution in [0.3, 0.4) is 0 Å². The minimum Gasteiger partial charge on any atom is -0.496 e. The number of carbonyl (C=O) groups is 1. The Morgan fingerprint density at radius 2 is 2.05 bits per heavy atom. The Morgan fingerprint density at radius 3 is 2.57 bits per heavy atom. The molecular weight excluding hydrogens is 266 g/mol. The zero-order chi connectivity index (χ0) is 15.6. The summed E-state index contributed by atoms with van der Waals surface area (Å²) in [6.07, 6.45) is 2.64. The van der Waals surface area contributed by atoms with Gasteiger partial charge in [0.1, 0.15) is 5.75 Å². The molecule has 0 spiro atoms. The quantitative estimate of drug-likeness (QED) is 0.630. The number of aliphatic imine (C=N–C) groups is 1. The van der Waals surface area contributed by atoms with Crippen LogP contribution in [0, 0.1) is 5.41 Å². The van der Waals surface area contributed by atoms with Crippen LogP contribution in [0.25, 0.3) is 6.08 Å². The van der Waals surface area contributed by atoms with Gasteiger partial charge in [-0.1, -0.05) is 33.8 Å². The second-order valence-electron chi connectivity index (χ2n) is 6.02. The average molecular weight is 287 g/mol. The van der Waals surface area contributed by atoms with E-state index in [1.807, 2.05) is 39.0 Å². The molecule has 1 aromatic rings. The highest BCUT2D eigenvalue weighted by Crippen LogP contribution is 2.28. The van der Waals surface area contributed by atoms with Gasteiger partial charge in [-0.15, -0.1) is 0 Å². The Bertz CT molecular complexity index is 621. The van der Waals surface area contributed by atoms with Crippen molar-refractivity contribution in [3.05, 3.63) is 35.0 Å². The number of nitrogens with zero attached hydrogens (tertiary/aromatic N) is 1. The van der Waals surface area contributed by atoms with Gasteiger partial charge in [0.05, 0.1) is 7.11 Å². The lowest BCUT2D eigenvalue weighted by atomic mass is 9.97. The van der Waals surface area contributed by atoms with Crippen molar-refractivity contribution in [3.63, 3.8) is 0 Å². The molecule has 0 aliphatic carbocycles. The second kappa shape index (κ2) is 5.72. The molecule has 0 saturated heterocycles. The van der Waals surface area contributed by atoms with Crippen LogP contribution in [0.5, 0.6) is 5.75 Å². The molecule has 21 heavy (non-hydrogen) atoms. The summed E-state index contributed by atoms with van der Waals surface area (Å²) in [7, 11) is 1.61. The molecule has 1 aromatic carbocycles. The molecule has 0 N–H and O–H groups in total. The Labute approximate surface area is 125 Å². The molecule has 0 unspecified atom stereocenters. The van der Waals surface area contributed by atoms with Gasteiger partial charge in [-0.2, -0.15) is 0 Å². The highest BCUT2D eigenvalue weighted by atomic mass is 16.6. The van der Waals surface area contributed by atoms with Crippen molar-refractivity contribution in [3.8, 4) is 5.75 Å². The van der Waals surface area contributed by atoms with Crippen LogP contribution in [-0.2, 0) is 16.0 Å². The third-order valence-corrected chi connectivity index (χ3v) is 3.26. The Morgan fingerprint density at radius 1 is 1.33 bits per heavy atom. The number of benzene rings is 1. The summed E-state index contributed by atoms with van der Waals surface area (Å²) in [4.78, 5) is 16.3. The lowest BCUT2D eigenvalue weighted by Gasteiger charge is -2.15. The predicted molar refractivity (Wildman–Crippen MR) is 83.3 cm³/mol. The minimum atomic E-state index is -0.413. The highest BCUT2D eigenvalue weighted by molar-refractivity contribution is 6.08. The number of aryl methyl sites for hydroxylation is 1. The summed E-state index contributed by atoms with van der Waals surface area (Å²) in [6.45, 7) is 7.96. The molecule has 0 saturated carbocycles. The first-order chi connectivity index (χ1) is 9.85. The number of rotatable bonds is 3. The van der Waals surface area contributed by atoms with Crippen molar-refractivity contribution in [2.24, 2.45) is 10.4 Å². The van der Waals surface area contributed by atoms with Crippen LogP contribution >= 0.6 is 0 Å². The van der Waals surface area contributed by atoms with Crippen molar-refractivity contribution < 1.29 is 14.3 Å². The van der Waals surface area contributed by atoms with E-state index in [4.69, 9.17) is 9.47 Å². The minimum absolute atomic E-state index is 0.291. The summed E-state index contributed by atoms with van der Waals surface area (Å²) >= 11 is 0. The normalized spacial score (nSPS) is 16.9. The molecule has 4 heteroatoms. The fraction of sp³-hybridized carbons (Fsp3) is 0.412. The molecule has 1 heterocycles. The monoisotopic (exact) mass is 287 g/mol. The summed E-state index contributed by atoms with van der Waals surface area (Å²) in [6, 6.07) is 5.92. The van der Waals surface area contributed by atoms with Gasteiger partial charge in [-0.05, 0) is 30.2 Å². The maximum absolute atomic E-state index is 11.9. The Kier molecular flexibility index (Phi) is 4.16. The molecule has 2 rings (SSSR count). The maximum atomic E-state index is 11.9. The van der Waals surface area contributed by atoms with Gasteiger partial charge < -0.3 is 9.47 Å². The first kappa shape index (κ1) is 15.3. The Balaban J connectivity index is 2.44. The molecule has 1 aliphatic heterocycles.